The number of thioether (sulfide) groups is 1. The van der Waals surface area contributed by atoms with Crippen LogP contribution in [0.1, 0.15) is 19.4 Å². The number of aliphatic carboxylic acids is 1. The highest BCUT2D eigenvalue weighted by atomic mass is 32.2. The van der Waals surface area contributed by atoms with Crippen LogP contribution in [0.2, 0.25) is 0 Å². The van der Waals surface area contributed by atoms with E-state index in [1.54, 1.807) is 4.90 Å². The van der Waals surface area contributed by atoms with E-state index in [1.165, 1.54) is 16.7 Å². The Balaban J connectivity index is 2.29. The highest BCUT2D eigenvalue weighted by Gasteiger charge is 2.41. The van der Waals surface area contributed by atoms with Gasteiger partial charge < -0.3 is 5.11 Å². The Morgan fingerprint density at radius 3 is 2.76 bits per heavy atom. The van der Waals surface area contributed by atoms with Crippen molar-refractivity contribution in [3.05, 3.63) is 29.8 Å². The Morgan fingerprint density at radius 1 is 1.48 bits per heavy atom. The van der Waals surface area contributed by atoms with Gasteiger partial charge in [-0.2, -0.15) is 0 Å². The highest BCUT2D eigenvalue weighted by molar-refractivity contribution is 8.00. The van der Waals surface area contributed by atoms with Gasteiger partial charge in [0.25, 0.3) is 0 Å². The molecule has 1 aliphatic heterocycles. The first kappa shape index (κ1) is 15.7. The summed E-state index contributed by atoms with van der Waals surface area (Å²) in [6.45, 7) is 6.23. The van der Waals surface area contributed by atoms with Gasteiger partial charge in [-0.05, 0) is 38.5 Å². The minimum Gasteiger partial charge on any atom is -0.480 e. The quantitative estimate of drug-likeness (QED) is 0.932. The average Bonchev–Trinajstić information content (AvgIpc) is 2.81. The molecule has 2 atom stereocenters. The van der Waals surface area contributed by atoms with Gasteiger partial charge >= 0.3 is 12.0 Å². The summed E-state index contributed by atoms with van der Waals surface area (Å²) >= 11 is 1.49. The summed E-state index contributed by atoms with van der Waals surface area (Å²) in [4.78, 5) is 27.2. The van der Waals surface area contributed by atoms with Crippen molar-refractivity contribution in [1.29, 1.82) is 0 Å². The molecule has 6 heteroatoms. The van der Waals surface area contributed by atoms with Gasteiger partial charge in [0, 0.05) is 18.0 Å². The van der Waals surface area contributed by atoms with Gasteiger partial charge in [-0.3, -0.25) is 9.80 Å². The van der Waals surface area contributed by atoms with Crippen LogP contribution in [-0.4, -0.2) is 45.7 Å². The van der Waals surface area contributed by atoms with Crippen LogP contribution in [0, 0.1) is 6.92 Å². The van der Waals surface area contributed by atoms with E-state index in [0.29, 0.717) is 12.3 Å². The smallest absolute Gasteiger partial charge is 0.327 e. The first-order chi connectivity index (χ1) is 9.95. The van der Waals surface area contributed by atoms with Crippen molar-refractivity contribution >= 4 is 29.4 Å². The van der Waals surface area contributed by atoms with Crippen LogP contribution in [0.3, 0.4) is 0 Å². The lowest BCUT2D eigenvalue weighted by molar-refractivity contribution is -0.141. The summed E-state index contributed by atoms with van der Waals surface area (Å²) in [5, 5.41) is 9.17. The predicted molar refractivity (Wildman–Crippen MR) is 84.8 cm³/mol. The third kappa shape index (κ3) is 3.15. The molecule has 2 unspecified atom stereocenters. The molecule has 1 saturated heterocycles. The number of hydrogen-bond acceptors (Lipinski definition) is 3. The molecule has 114 valence electrons. The van der Waals surface area contributed by atoms with E-state index in [4.69, 9.17) is 0 Å². The van der Waals surface area contributed by atoms with Gasteiger partial charge in [0.05, 0.1) is 5.37 Å². The van der Waals surface area contributed by atoms with Gasteiger partial charge in [-0.25, -0.2) is 9.59 Å². The fraction of sp³-hybridized carbons (Fsp3) is 0.467. The van der Waals surface area contributed by atoms with Crippen LogP contribution in [0.4, 0.5) is 10.5 Å². The van der Waals surface area contributed by atoms with Gasteiger partial charge in [0.15, 0.2) is 0 Å². The van der Waals surface area contributed by atoms with Gasteiger partial charge in [-0.1, -0.05) is 12.1 Å². The molecular formula is C15H20N2O3S. The number of amides is 2. The number of nitrogens with zero attached hydrogens (tertiary/aromatic N) is 2. The summed E-state index contributed by atoms with van der Waals surface area (Å²) in [5.74, 6) is -0.506. The van der Waals surface area contributed by atoms with E-state index in [9.17, 15) is 14.7 Å². The van der Waals surface area contributed by atoms with E-state index < -0.39 is 12.0 Å². The molecule has 1 aromatic rings. The number of aryl methyl sites for hydroxylation is 1. The fourth-order valence-electron chi connectivity index (χ4n) is 2.49. The molecule has 0 aliphatic carbocycles. The molecule has 1 aliphatic rings. The molecular weight excluding hydrogens is 288 g/mol. The van der Waals surface area contributed by atoms with Crippen LogP contribution in [0.5, 0.6) is 0 Å². The molecule has 1 aromatic carbocycles. The summed E-state index contributed by atoms with van der Waals surface area (Å²) in [6, 6.07) is 6.68. The zero-order valence-electron chi connectivity index (χ0n) is 12.4. The molecule has 0 aromatic heterocycles. The highest BCUT2D eigenvalue weighted by Crippen LogP contribution is 2.31. The lowest BCUT2D eigenvalue weighted by Gasteiger charge is -2.31. The van der Waals surface area contributed by atoms with Gasteiger partial charge in [-0.15, -0.1) is 11.8 Å². The number of benzene rings is 1. The third-order valence-electron chi connectivity index (χ3n) is 3.59. The SMILES string of the molecule is CCN(C(=O)N1C(C)SCC1C(=O)O)c1cccc(C)c1. The molecule has 2 rings (SSSR count). The second kappa shape index (κ2) is 6.39. The van der Waals surface area contributed by atoms with Crippen molar-refractivity contribution < 1.29 is 14.7 Å². The zero-order chi connectivity index (χ0) is 15.6. The monoisotopic (exact) mass is 308 g/mol. The minimum atomic E-state index is -0.944. The lowest BCUT2D eigenvalue weighted by Crippen LogP contribution is -2.51. The number of carboxylic acid groups (broad SMARTS) is 1. The Kier molecular flexibility index (Phi) is 4.77. The molecule has 5 nitrogen and oxygen atoms in total. The number of carbonyl (C=O) groups is 2. The maximum atomic E-state index is 12.8. The van der Waals surface area contributed by atoms with Crippen LogP contribution in [0.25, 0.3) is 0 Å². The Labute approximate surface area is 128 Å². The topological polar surface area (TPSA) is 60.9 Å². The second-order valence-electron chi connectivity index (χ2n) is 5.06. The summed E-state index contributed by atoms with van der Waals surface area (Å²) in [6.07, 6.45) is 0. The number of carboxylic acids is 1. The Hall–Kier alpha value is -1.69. The summed E-state index contributed by atoms with van der Waals surface area (Å²) in [7, 11) is 0. The van der Waals surface area contributed by atoms with E-state index in [2.05, 4.69) is 0 Å². The Bertz CT molecular complexity index is 549. The third-order valence-corrected chi connectivity index (χ3v) is 4.81. The molecule has 1 fully saturated rings. The number of rotatable bonds is 3. The fourth-order valence-corrected chi connectivity index (χ4v) is 3.65. The van der Waals surface area contributed by atoms with Gasteiger partial charge in [0.2, 0.25) is 0 Å². The number of urea groups is 1. The molecule has 1 heterocycles. The molecule has 0 saturated carbocycles. The predicted octanol–water partition coefficient (Wildman–Crippen LogP) is 2.79. The minimum absolute atomic E-state index is 0.127. The Morgan fingerprint density at radius 2 is 2.19 bits per heavy atom. The molecule has 2 amide bonds. The number of anilines is 1. The first-order valence-electron chi connectivity index (χ1n) is 6.96. The molecule has 0 spiro atoms. The van der Waals surface area contributed by atoms with Crippen molar-refractivity contribution in [2.75, 3.05) is 17.2 Å². The van der Waals surface area contributed by atoms with E-state index in [-0.39, 0.29) is 11.4 Å². The van der Waals surface area contributed by atoms with Crippen molar-refractivity contribution in [2.24, 2.45) is 0 Å². The van der Waals surface area contributed by atoms with E-state index in [1.807, 2.05) is 45.0 Å². The lowest BCUT2D eigenvalue weighted by atomic mass is 10.2. The zero-order valence-corrected chi connectivity index (χ0v) is 13.3. The average molecular weight is 308 g/mol. The van der Waals surface area contributed by atoms with E-state index >= 15 is 0 Å². The first-order valence-corrected chi connectivity index (χ1v) is 8.01. The van der Waals surface area contributed by atoms with Crippen LogP contribution < -0.4 is 4.90 Å². The summed E-state index contributed by atoms with van der Waals surface area (Å²) < 4.78 is 0. The standard InChI is InChI=1S/C15H20N2O3S/c1-4-16(12-7-5-6-10(2)8-12)15(20)17-11(3)21-9-13(17)14(18)19/h5-8,11,13H,4,9H2,1-3H3,(H,18,19). The molecule has 1 N–H and O–H groups in total. The van der Waals surface area contributed by atoms with Crippen LogP contribution in [0.15, 0.2) is 24.3 Å². The normalized spacial score (nSPS) is 21.4. The maximum Gasteiger partial charge on any atom is 0.327 e. The van der Waals surface area contributed by atoms with Crippen molar-refractivity contribution in [1.82, 2.24) is 4.90 Å². The van der Waals surface area contributed by atoms with Crippen molar-refractivity contribution in [3.8, 4) is 0 Å². The molecule has 0 radical (unpaired) electrons. The summed E-state index contributed by atoms with van der Waals surface area (Å²) in [5.41, 5.74) is 1.87. The number of carbonyl (C=O) groups excluding carboxylic acids is 1. The maximum absolute atomic E-state index is 12.8. The molecule has 0 bridgehead atoms. The van der Waals surface area contributed by atoms with Crippen molar-refractivity contribution in [3.63, 3.8) is 0 Å². The second-order valence-corrected chi connectivity index (χ2v) is 6.41. The van der Waals surface area contributed by atoms with Gasteiger partial charge in [0.1, 0.15) is 6.04 Å². The largest absolute Gasteiger partial charge is 0.480 e. The van der Waals surface area contributed by atoms with Crippen LogP contribution >= 0.6 is 11.8 Å². The van der Waals surface area contributed by atoms with Crippen LogP contribution in [-0.2, 0) is 4.79 Å². The van der Waals surface area contributed by atoms with E-state index in [0.717, 1.165) is 11.3 Å². The number of hydrogen-bond donors (Lipinski definition) is 1. The molecule has 21 heavy (non-hydrogen) atoms. The van der Waals surface area contributed by atoms with Crippen molar-refractivity contribution in [2.45, 2.75) is 32.2 Å².